The highest BCUT2D eigenvalue weighted by Crippen LogP contribution is 1.91. The zero-order valence-corrected chi connectivity index (χ0v) is 12.1. The van der Waals surface area contributed by atoms with Crippen LogP contribution in [0.3, 0.4) is 0 Å². The molecule has 1 amide bonds. The predicted molar refractivity (Wildman–Crippen MR) is 67.5 cm³/mol. The third-order valence-corrected chi connectivity index (χ3v) is 3.31. The Morgan fingerprint density at radius 3 is 1.71 bits per heavy atom. The van der Waals surface area contributed by atoms with Gasteiger partial charge in [-0.15, -0.1) is 0 Å². The molecule has 0 aliphatic heterocycles. The number of aliphatic hydroxyl groups is 1. The van der Waals surface area contributed by atoms with Gasteiger partial charge in [0, 0.05) is 32.8 Å². The molecule has 17 heavy (non-hydrogen) atoms. The molecule has 0 aliphatic rings. The zero-order valence-electron chi connectivity index (χ0n) is 11.0. The Bertz CT molecular complexity index is 157. The lowest BCUT2D eigenvalue weighted by Gasteiger charge is -2.12. The quantitative estimate of drug-likeness (QED) is 0.576. The predicted octanol–water partition coefficient (Wildman–Crippen LogP) is 0.0573. The fourth-order valence-corrected chi connectivity index (χ4v) is 1.91. The van der Waals surface area contributed by atoms with E-state index >= 15 is 0 Å². The van der Waals surface area contributed by atoms with E-state index in [1.165, 1.54) is 0 Å². The molecule has 0 aromatic heterocycles. The number of hydrogen-bond donors (Lipinski definition) is 2. The van der Waals surface area contributed by atoms with Crippen LogP contribution in [0.15, 0.2) is 0 Å². The van der Waals surface area contributed by atoms with E-state index in [0.717, 1.165) is 0 Å². The van der Waals surface area contributed by atoms with E-state index < -0.39 is 9.53 Å². The molecule has 6 nitrogen and oxygen atoms in total. The van der Waals surface area contributed by atoms with Gasteiger partial charge in [0.1, 0.15) is 0 Å². The van der Waals surface area contributed by atoms with Crippen LogP contribution in [0.5, 0.6) is 0 Å². The Morgan fingerprint density at radius 1 is 1.12 bits per heavy atom. The van der Waals surface area contributed by atoms with Crippen molar-refractivity contribution >= 4 is 15.4 Å². The molecule has 0 aliphatic carbocycles. The van der Waals surface area contributed by atoms with Gasteiger partial charge >= 0.3 is 9.53 Å². The van der Waals surface area contributed by atoms with E-state index in [1.54, 1.807) is 0 Å². The normalized spacial score (nSPS) is 9.94. The van der Waals surface area contributed by atoms with Crippen molar-refractivity contribution in [2.24, 2.45) is 5.73 Å². The first kappa shape index (κ1) is 18.9. The average molecular weight is 267 g/mol. The summed E-state index contributed by atoms with van der Waals surface area (Å²) in [6, 6.07) is 0. The molecule has 7 heteroatoms. The molecule has 3 N–H and O–H groups in total. The van der Waals surface area contributed by atoms with E-state index in [2.05, 4.69) is 0 Å². The van der Waals surface area contributed by atoms with Gasteiger partial charge in [-0.3, -0.25) is 4.79 Å². The summed E-state index contributed by atoms with van der Waals surface area (Å²) < 4.78 is 15.7. The Morgan fingerprint density at radius 2 is 1.53 bits per heavy atom. The molecule has 0 radical (unpaired) electrons. The summed E-state index contributed by atoms with van der Waals surface area (Å²) in [6.45, 7) is 7.90. The van der Waals surface area contributed by atoms with E-state index in [4.69, 9.17) is 24.1 Å². The summed E-state index contributed by atoms with van der Waals surface area (Å²) in [7, 11) is -1.73. The lowest BCUT2D eigenvalue weighted by Crippen LogP contribution is -2.27. The van der Waals surface area contributed by atoms with Crippen LogP contribution in [0.1, 0.15) is 33.6 Å². The smallest absolute Gasteiger partial charge is 0.396 e. The maximum atomic E-state index is 9.87. The van der Waals surface area contributed by atoms with Gasteiger partial charge < -0.3 is 24.1 Å². The van der Waals surface area contributed by atoms with Crippen molar-refractivity contribution in [3.8, 4) is 0 Å². The third kappa shape index (κ3) is 18.1. The van der Waals surface area contributed by atoms with Crippen molar-refractivity contribution < 1.29 is 23.2 Å². The van der Waals surface area contributed by atoms with Crippen LogP contribution >= 0.6 is 0 Å². The number of nitrogens with two attached hydrogens (primary N) is 1. The van der Waals surface area contributed by atoms with E-state index in [-0.39, 0.29) is 18.9 Å². The molecule has 0 bridgehead atoms. The van der Waals surface area contributed by atoms with Crippen molar-refractivity contribution in [2.75, 3.05) is 26.4 Å². The van der Waals surface area contributed by atoms with Crippen LogP contribution in [0, 0.1) is 0 Å². The Kier molecular flexibility index (Phi) is 17.2. The van der Waals surface area contributed by atoms with Gasteiger partial charge in [0.05, 0.1) is 0 Å². The number of hydrogen-bond acceptors (Lipinski definition) is 5. The first-order valence-electron chi connectivity index (χ1n) is 5.86. The van der Waals surface area contributed by atoms with Crippen molar-refractivity contribution in [2.45, 2.75) is 33.6 Å². The second kappa shape index (κ2) is 15.5. The lowest BCUT2D eigenvalue weighted by molar-refractivity contribution is -0.118. The lowest BCUT2D eigenvalue weighted by atomic mass is 10.3. The summed E-state index contributed by atoms with van der Waals surface area (Å²) in [5, 5.41) is 8.11. The number of primary amides is 1. The van der Waals surface area contributed by atoms with Crippen LogP contribution in [0.4, 0.5) is 0 Å². The maximum absolute atomic E-state index is 9.87. The number of amides is 1. The van der Waals surface area contributed by atoms with E-state index in [0.29, 0.717) is 26.2 Å². The number of carbonyl (C=O) groups excluding carboxylic acids is 1. The van der Waals surface area contributed by atoms with Crippen LogP contribution in [-0.2, 0) is 18.1 Å². The molecule has 0 rings (SSSR count). The highest BCUT2D eigenvalue weighted by atomic mass is 28.3. The molecule has 0 aromatic rings. The van der Waals surface area contributed by atoms with Gasteiger partial charge in [-0.05, 0) is 27.2 Å². The monoisotopic (exact) mass is 267 g/mol. The van der Waals surface area contributed by atoms with Crippen LogP contribution in [0.25, 0.3) is 0 Å². The average Bonchev–Trinajstić information content (AvgIpc) is 2.28. The van der Waals surface area contributed by atoms with Crippen LogP contribution < -0.4 is 5.73 Å². The minimum Gasteiger partial charge on any atom is -0.396 e. The summed E-state index contributed by atoms with van der Waals surface area (Å²) in [5.74, 6) is -0.353. The van der Waals surface area contributed by atoms with Crippen molar-refractivity contribution in [1.29, 1.82) is 0 Å². The summed E-state index contributed by atoms with van der Waals surface area (Å²) in [6.07, 6.45) is 0.770. The number of aliphatic hydroxyl groups excluding tert-OH is 1. The summed E-state index contributed by atoms with van der Waals surface area (Å²) in [5.41, 5.74) is 4.73. The Hall–Kier alpha value is -0.473. The molecule has 0 aromatic carbocycles. The van der Waals surface area contributed by atoms with Gasteiger partial charge in [-0.1, -0.05) is 0 Å². The molecule has 0 saturated heterocycles. The molecule has 0 heterocycles. The molecule has 0 fully saturated rings. The van der Waals surface area contributed by atoms with Gasteiger partial charge in [-0.2, -0.15) is 0 Å². The molecule has 0 spiro atoms. The fraction of sp³-hybridized carbons (Fsp3) is 0.900. The number of rotatable bonds is 9. The zero-order chi connectivity index (χ0) is 13.5. The standard InChI is InChI=1S/C6H16O3Si.C4H9NO2/c1-4-7-10(8-5-2)9-6-3;5-4(7)2-1-3-6/h10H,4-6H2,1-3H3;6H,1-3H2,(H2,5,7). The van der Waals surface area contributed by atoms with E-state index in [1.807, 2.05) is 20.8 Å². The highest BCUT2D eigenvalue weighted by Gasteiger charge is 2.11. The third-order valence-electron chi connectivity index (χ3n) is 1.49. The van der Waals surface area contributed by atoms with Gasteiger partial charge in [-0.25, -0.2) is 0 Å². The number of carbonyl (C=O) groups is 1. The van der Waals surface area contributed by atoms with E-state index in [9.17, 15) is 4.79 Å². The first-order valence-corrected chi connectivity index (χ1v) is 7.27. The van der Waals surface area contributed by atoms with Crippen molar-refractivity contribution in [3.05, 3.63) is 0 Å². The van der Waals surface area contributed by atoms with Gasteiger partial charge in [0.25, 0.3) is 0 Å². The largest absolute Gasteiger partial charge is 0.484 e. The summed E-state index contributed by atoms with van der Waals surface area (Å²) >= 11 is 0. The Balaban J connectivity index is 0. The minimum atomic E-state index is -1.73. The van der Waals surface area contributed by atoms with Crippen molar-refractivity contribution in [3.63, 3.8) is 0 Å². The molecule has 104 valence electrons. The SMILES string of the molecule is CCO[SiH](OCC)OCC.NC(=O)CCCO. The van der Waals surface area contributed by atoms with Gasteiger partial charge in [0.15, 0.2) is 0 Å². The van der Waals surface area contributed by atoms with Crippen LogP contribution in [-0.4, -0.2) is 47.0 Å². The molecular formula is C10H25NO5Si. The van der Waals surface area contributed by atoms with Crippen LogP contribution in [0.2, 0.25) is 0 Å². The minimum absolute atomic E-state index is 0.0446. The Labute approximate surface area is 105 Å². The molecule has 0 atom stereocenters. The highest BCUT2D eigenvalue weighted by molar-refractivity contribution is 6.36. The second-order valence-electron chi connectivity index (χ2n) is 2.95. The maximum Gasteiger partial charge on any atom is 0.484 e. The van der Waals surface area contributed by atoms with Crippen molar-refractivity contribution in [1.82, 2.24) is 0 Å². The molecular weight excluding hydrogens is 242 g/mol. The molecule has 0 unspecified atom stereocenters. The first-order chi connectivity index (χ1) is 8.12. The second-order valence-corrected chi connectivity index (χ2v) is 4.53. The molecule has 0 saturated carbocycles. The summed E-state index contributed by atoms with van der Waals surface area (Å²) in [4.78, 5) is 9.87. The van der Waals surface area contributed by atoms with Gasteiger partial charge in [0.2, 0.25) is 5.91 Å². The fourth-order valence-electron chi connectivity index (χ4n) is 0.806. The topological polar surface area (TPSA) is 91.0 Å².